The van der Waals surface area contributed by atoms with Crippen molar-refractivity contribution in [3.63, 3.8) is 0 Å². The van der Waals surface area contributed by atoms with Crippen molar-refractivity contribution in [2.24, 2.45) is 11.1 Å². The Kier molecular flexibility index (Phi) is 2.65. The van der Waals surface area contributed by atoms with E-state index < -0.39 is 0 Å². The summed E-state index contributed by atoms with van der Waals surface area (Å²) < 4.78 is 5.41. The van der Waals surface area contributed by atoms with E-state index in [2.05, 4.69) is 11.9 Å². The van der Waals surface area contributed by atoms with E-state index in [1.165, 1.54) is 12.8 Å². The van der Waals surface area contributed by atoms with Crippen LogP contribution in [0.1, 0.15) is 38.3 Å². The van der Waals surface area contributed by atoms with Gasteiger partial charge in [-0.25, -0.2) is 0 Å². The number of nitrogens with zero attached hydrogens (tertiary/aromatic N) is 1. The van der Waals surface area contributed by atoms with Crippen molar-refractivity contribution in [1.82, 2.24) is 4.98 Å². The first-order chi connectivity index (χ1) is 7.15. The monoisotopic (exact) mass is 206 g/mol. The molecule has 3 heteroatoms. The van der Waals surface area contributed by atoms with Crippen molar-refractivity contribution in [3.05, 3.63) is 24.0 Å². The van der Waals surface area contributed by atoms with Crippen molar-refractivity contribution in [2.75, 3.05) is 6.61 Å². The summed E-state index contributed by atoms with van der Waals surface area (Å²) >= 11 is 0. The Hall–Kier alpha value is -1.09. The Bertz CT molecular complexity index is 347. The maximum absolute atomic E-state index is 6.20. The van der Waals surface area contributed by atoms with Crippen LogP contribution in [0, 0.1) is 5.41 Å². The molecule has 3 nitrogen and oxygen atoms in total. The van der Waals surface area contributed by atoms with Gasteiger partial charge in [0, 0.05) is 12.2 Å². The first-order valence-electron chi connectivity index (χ1n) is 5.49. The zero-order chi connectivity index (χ0) is 10.9. The largest absolute Gasteiger partial charge is 0.492 e. The first kappa shape index (κ1) is 10.4. The van der Waals surface area contributed by atoms with Crippen molar-refractivity contribution >= 4 is 0 Å². The average Bonchev–Trinajstić information content (AvgIpc) is 2.98. The molecule has 1 fully saturated rings. The van der Waals surface area contributed by atoms with Gasteiger partial charge in [-0.15, -0.1) is 0 Å². The van der Waals surface area contributed by atoms with Crippen molar-refractivity contribution in [1.29, 1.82) is 0 Å². The molecule has 2 N–H and O–H groups in total. The van der Waals surface area contributed by atoms with E-state index in [9.17, 15) is 0 Å². The van der Waals surface area contributed by atoms with Crippen molar-refractivity contribution in [3.8, 4) is 5.75 Å². The molecular weight excluding hydrogens is 188 g/mol. The van der Waals surface area contributed by atoms with Crippen LogP contribution in [0.4, 0.5) is 0 Å². The van der Waals surface area contributed by atoms with Gasteiger partial charge in [-0.05, 0) is 36.8 Å². The molecule has 0 spiro atoms. The Morgan fingerprint density at radius 2 is 2.27 bits per heavy atom. The molecule has 1 heterocycles. The third kappa shape index (κ3) is 2.12. The molecule has 1 aromatic rings. The van der Waals surface area contributed by atoms with Crippen LogP contribution >= 0.6 is 0 Å². The Labute approximate surface area is 90.7 Å². The number of ether oxygens (including phenoxy) is 1. The smallest absolute Gasteiger partial charge is 0.137 e. The lowest BCUT2D eigenvalue weighted by Crippen LogP contribution is -2.20. The van der Waals surface area contributed by atoms with Gasteiger partial charge in [0.15, 0.2) is 0 Å². The van der Waals surface area contributed by atoms with Crippen LogP contribution in [0.25, 0.3) is 0 Å². The van der Waals surface area contributed by atoms with Gasteiger partial charge in [0.05, 0.1) is 12.8 Å². The highest BCUT2D eigenvalue weighted by molar-refractivity contribution is 5.28. The minimum Gasteiger partial charge on any atom is -0.492 e. The van der Waals surface area contributed by atoms with Crippen LogP contribution in [0.3, 0.4) is 0 Å². The quantitative estimate of drug-likeness (QED) is 0.822. The van der Waals surface area contributed by atoms with Crippen molar-refractivity contribution < 1.29 is 4.74 Å². The molecule has 15 heavy (non-hydrogen) atoms. The molecular formula is C12H18N2O. The summed E-state index contributed by atoms with van der Waals surface area (Å²) in [5.74, 6) is 0.815. The van der Waals surface area contributed by atoms with Crippen LogP contribution in [0.15, 0.2) is 18.5 Å². The lowest BCUT2D eigenvalue weighted by Gasteiger charge is -2.19. The van der Waals surface area contributed by atoms with Crippen LogP contribution in [-0.4, -0.2) is 11.6 Å². The SMILES string of the molecule is CCOc1cncc(C(N)C2(C)CC2)c1. The van der Waals surface area contributed by atoms with Crippen molar-refractivity contribution in [2.45, 2.75) is 32.7 Å². The minimum absolute atomic E-state index is 0.0883. The second-order valence-corrected chi connectivity index (χ2v) is 4.52. The molecule has 0 radical (unpaired) electrons. The lowest BCUT2D eigenvalue weighted by molar-refractivity contribution is 0.337. The molecule has 82 valence electrons. The molecule has 1 atom stereocenters. The maximum atomic E-state index is 6.20. The third-order valence-electron chi connectivity index (χ3n) is 3.19. The summed E-state index contributed by atoms with van der Waals surface area (Å²) in [6.45, 7) is 4.86. The molecule has 0 saturated heterocycles. The van der Waals surface area contributed by atoms with E-state index in [-0.39, 0.29) is 11.5 Å². The molecule has 0 aromatic carbocycles. The number of hydrogen-bond acceptors (Lipinski definition) is 3. The predicted molar refractivity (Wildman–Crippen MR) is 59.7 cm³/mol. The molecule has 1 aliphatic carbocycles. The third-order valence-corrected chi connectivity index (χ3v) is 3.19. The highest BCUT2D eigenvalue weighted by Gasteiger charge is 2.43. The number of aromatic nitrogens is 1. The van der Waals surface area contributed by atoms with E-state index in [4.69, 9.17) is 10.5 Å². The summed E-state index contributed by atoms with van der Waals surface area (Å²) in [5.41, 5.74) is 7.57. The Balaban J connectivity index is 2.17. The fraction of sp³-hybridized carbons (Fsp3) is 0.583. The molecule has 1 aromatic heterocycles. The molecule has 1 aliphatic rings. The maximum Gasteiger partial charge on any atom is 0.137 e. The minimum atomic E-state index is 0.0883. The summed E-state index contributed by atoms with van der Waals surface area (Å²) in [6.07, 6.45) is 6.01. The van der Waals surface area contributed by atoms with E-state index >= 15 is 0 Å². The summed E-state index contributed by atoms with van der Waals surface area (Å²) in [7, 11) is 0. The second kappa shape index (κ2) is 3.81. The van der Waals surface area contributed by atoms with Gasteiger partial charge in [-0.2, -0.15) is 0 Å². The summed E-state index contributed by atoms with van der Waals surface area (Å²) in [6, 6.07) is 2.09. The van der Waals surface area contributed by atoms with Gasteiger partial charge < -0.3 is 10.5 Å². The number of rotatable bonds is 4. The van der Waals surface area contributed by atoms with Crippen LogP contribution < -0.4 is 10.5 Å². The fourth-order valence-corrected chi connectivity index (χ4v) is 1.76. The van der Waals surface area contributed by atoms with Gasteiger partial charge in [-0.3, -0.25) is 4.98 Å². The standard InChI is InChI=1S/C12H18N2O/c1-3-15-10-6-9(7-14-8-10)11(13)12(2)4-5-12/h6-8,11H,3-5,13H2,1-2H3. The second-order valence-electron chi connectivity index (χ2n) is 4.52. The molecule has 0 amide bonds. The van der Waals surface area contributed by atoms with Gasteiger partial charge in [0.1, 0.15) is 5.75 Å². The summed E-state index contributed by atoms with van der Waals surface area (Å²) in [4.78, 5) is 4.16. The number of hydrogen-bond donors (Lipinski definition) is 1. The topological polar surface area (TPSA) is 48.1 Å². The van der Waals surface area contributed by atoms with E-state index in [1.54, 1.807) is 6.20 Å². The van der Waals surface area contributed by atoms with Crippen LogP contribution in [-0.2, 0) is 0 Å². The zero-order valence-corrected chi connectivity index (χ0v) is 9.36. The van der Waals surface area contributed by atoms with E-state index in [1.807, 2.05) is 19.2 Å². The van der Waals surface area contributed by atoms with Crippen LogP contribution in [0.5, 0.6) is 5.75 Å². The predicted octanol–water partition coefficient (Wildman–Crippen LogP) is 2.28. The van der Waals surface area contributed by atoms with E-state index in [0.29, 0.717) is 6.61 Å². The molecule has 2 rings (SSSR count). The van der Waals surface area contributed by atoms with Gasteiger partial charge in [0.25, 0.3) is 0 Å². The molecule has 0 aliphatic heterocycles. The van der Waals surface area contributed by atoms with Gasteiger partial charge in [0.2, 0.25) is 0 Å². The number of nitrogens with two attached hydrogens (primary N) is 1. The Morgan fingerprint density at radius 3 is 2.87 bits per heavy atom. The van der Waals surface area contributed by atoms with Crippen LogP contribution in [0.2, 0.25) is 0 Å². The first-order valence-corrected chi connectivity index (χ1v) is 5.49. The highest BCUT2D eigenvalue weighted by Crippen LogP contribution is 2.53. The lowest BCUT2D eigenvalue weighted by atomic mass is 9.94. The normalized spacial score (nSPS) is 19.7. The fourth-order valence-electron chi connectivity index (χ4n) is 1.76. The highest BCUT2D eigenvalue weighted by atomic mass is 16.5. The summed E-state index contributed by atoms with van der Waals surface area (Å²) in [5, 5.41) is 0. The van der Waals surface area contributed by atoms with E-state index in [0.717, 1.165) is 11.3 Å². The zero-order valence-electron chi connectivity index (χ0n) is 9.36. The number of pyridine rings is 1. The Morgan fingerprint density at radius 1 is 1.53 bits per heavy atom. The van der Waals surface area contributed by atoms with Gasteiger partial charge >= 0.3 is 0 Å². The molecule has 0 bridgehead atoms. The molecule has 1 unspecified atom stereocenters. The molecule has 1 saturated carbocycles. The average molecular weight is 206 g/mol. The van der Waals surface area contributed by atoms with Gasteiger partial charge in [-0.1, -0.05) is 6.92 Å².